The SMILES string of the molecule is CCN(Cc1ccccc1)C(=O)c1ccc(Nc2cc(C)on2)cn1. The quantitative estimate of drug-likeness (QED) is 0.741. The Bertz CT molecular complexity index is 828. The third-order valence-electron chi connectivity index (χ3n) is 3.77. The molecule has 0 aliphatic carbocycles. The fourth-order valence-corrected chi connectivity index (χ4v) is 2.46. The minimum Gasteiger partial charge on any atom is -0.360 e. The van der Waals surface area contributed by atoms with Crippen LogP contribution in [0.4, 0.5) is 11.5 Å². The molecule has 0 spiro atoms. The van der Waals surface area contributed by atoms with E-state index >= 15 is 0 Å². The Morgan fingerprint density at radius 2 is 2.00 bits per heavy atom. The molecular formula is C19H20N4O2. The van der Waals surface area contributed by atoms with Gasteiger partial charge in [0.25, 0.3) is 5.91 Å². The minimum absolute atomic E-state index is 0.0878. The zero-order chi connectivity index (χ0) is 17.6. The Balaban J connectivity index is 1.68. The van der Waals surface area contributed by atoms with E-state index in [1.54, 1.807) is 29.3 Å². The summed E-state index contributed by atoms with van der Waals surface area (Å²) in [6.07, 6.45) is 1.62. The van der Waals surface area contributed by atoms with Gasteiger partial charge in [0.1, 0.15) is 11.5 Å². The number of aryl methyl sites for hydroxylation is 1. The molecular weight excluding hydrogens is 316 g/mol. The summed E-state index contributed by atoms with van der Waals surface area (Å²) in [5, 5.41) is 6.95. The second-order valence-corrected chi connectivity index (χ2v) is 5.68. The van der Waals surface area contributed by atoms with E-state index in [0.29, 0.717) is 24.6 Å². The number of carbonyl (C=O) groups is 1. The highest BCUT2D eigenvalue weighted by atomic mass is 16.5. The van der Waals surface area contributed by atoms with Crippen molar-refractivity contribution in [2.24, 2.45) is 0 Å². The van der Waals surface area contributed by atoms with Crippen molar-refractivity contribution in [3.8, 4) is 0 Å². The van der Waals surface area contributed by atoms with E-state index in [-0.39, 0.29) is 5.91 Å². The smallest absolute Gasteiger partial charge is 0.272 e. The van der Waals surface area contributed by atoms with Gasteiger partial charge in [-0.05, 0) is 31.5 Å². The number of nitrogens with one attached hydrogen (secondary N) is 1. The van der Waals surface area contributed by atoms with Gasteiger partial charge in [-0.2, -0.15) is 0 Å². The molecule has 1 N–H and O–H groups in total. The minimum atomic E-state index is -0.0878. The molecule has 0 aliphatic heterocycles. The van der Waals surface area contributed by atoms with E-state index in [4.69, 9.17) is 4.52 Å². The van der Waals surface area contributed by atoms with Crippen LogP contribution in [0, 0.1) is 6.92 Å². The molecule has 1 aromatic carbocycles. The van der Waals surface area contributed by atoms with Crippen molar-refractivity contribution in [3.05, 3.63) is 71.7 Å². The maximum Gasteiger partial charge on any atom is 0.272 e. The lowest BCUT2D eigenvalue weighted by atomic mass is 10.2. The number of aromatic nitrogens is 2. The third kappa shape index (κ3) is 4.23. The zero-order valence-electron chi connectivity index (χ0n) is 14.3. The van der Waals surface area contributed by atoms with E-state index < -0.39 is 0 Å². The van der Waals surface area contributed by atoms with Crippen molar-refractivity contribution in [2.45, 2.75) is 20.4 Å². The van der Waals surface area contributed by atoms with Crippen molar-refractivity contribution in [1.82, 2.24) is 15.0 Å². The fourth-order valence-electron chi connectivity index (χ4n) is 2.46. The number of rotatable bonds is 6. The van der Waals surface area contributed by atoms with E-state index in [9.17, 15) is 4.79 Å². The van der Waals surface area contributed by atoms with Gasteiger partial charge in [0.2, 0.25) is 0 Å². The second-order valence-electron chi connectivity index (χ2n) is 5.68. The number of nitrogens with zero attached hydrogens (tertiary/aromatic N) is 3. The van der Waals surface area contributed by atoms with Crippen LogP contribution < -0.4 is 5.32 Å². The summed E-state index contributed by atoms with van der Waals surface area (Å²) in [4.78, 5) is 18.7. The largest absolute Gasteiger partial charge is 0.360 e. The van der Waals surface area contributed by atoms with Crippen LogP contribution in [0.15, 0.2) is 59.3 Å². The van der Waals surface area contributed by atoms with Crippen LogP contribution in [0.5, 0.6) is 0 Å². The van der Waals surface area contributed by atoms with Crippen molar-refractivity contribution in [3.63, 3.8) is 0 Å². The average Bonchev–Trinajstić information content (AvgIpc) is 3.05. The van der Waals surface area contributed by atoms with Gasteiger partial charge >= 0.3 is 0 Å². The summed E-state index contributed by atoms with van der Waals surface area (Å²) in [7, 11) is 0. The predicted molar refractivity (Wildman–Crippen MR) is 95.6 cm³/mol. The summed E-state index contributed by atoms with van der Waals surface area (Å²) in [5.41, 5.74) is 2.26. The van der Waals surface area contributed by atoms with Gasteiger partial charge in [0.15, 0.2) is 5.82 Å². The van der Waals surface area contributed by atoms with Crippen LogP contribution in [-0.2, 0) is 6.54 Å². The molecule has 3 rings (SSSR count). The molecule has 0 fully saturated rings. The molecule has 128 valence electrons. The Kier molecular flexibility index (Phi) is 5.09. The Labute approximate surface area is 146 Å². The molecule has 25 heavy (non-hydrogen) atoms. The van der Waals surface area contributed by atoms with Crippen molar-refractivity contribution < 1.29 is 9.32 Å². The Morgan fingerprint density at radius 1 is 1.20 bits per heavy atom. The molecule has 0 radical (unpaired) electrons. The van der Waals surface area contributed by atoms with Gasteiger partial charge in [0, 0.05) is 19.2 Å². The van der Waals surface area contributed by atoms with Crippen molar-refractivity contribution >= 4 is 17.4 Å². The van der Waals surface area contributed by atoms with E-state index in [2.05, 4.69) is 15.5 Å². The molecule has 0 aliphatic rings. The summed E-state index contributed by atoms with van der Waals surface area (Å²) < 4.78 is 5.01. The highest BCUT2D eigenvalue weighted by Gasteiger charge is 2.16. The van der Waals surface area contributed by atoms with Gasteiger partial charge in [-0.3, -0.25) is 4.79 Å². The van der Waals surface area contributed by atoms with Crippen LogP contribution >= 0.6 is 0 Å². The lowest BCUT2D eigenvalue weighted by Gasteiger charge is -2.20. The number of hydrogen-bond donors (Lipinski definition) is 1. The predicted octanol–water partition coefficient (Wildman–Crippen LogP) is 3.78. The first-order valence-corrected chi connectivity index (χ1v) is 8.15. The summed E-state index contributed by atoms with van der Waals surface area (Å²) in [6.45, 7) is 4.97. The lowest BCUT2D eigenvalue weighted by molar-refractivity contribution is 0.0746. The monoisotopic (exact) mass is 336 g/mol. The van der Waals surface area contributed by atoms with Gasteiger partial charge < -0.3 is 14.7 Å². The average molecular weight is 336 g/mol. The van der Waals surface area contributed by atoms with Gasteiger partial charge in [-0.15, -0.1) is 0 Å². The normalized spacial score (nSPS) is 10.5. The number of carbonyl (C=O) groups excluding carboxylic acids is 1. The second kappa shape index (κ2) is 7.61. The molecule has 0 saturated heterocycles. The summed E-state index contributed by atoms with van der Waals surface area (Å²) in [6, 6.07) is 15.2. The molecule has 0 saturated carbocycles. The number of amides is 1. The number of anilines is 2. The first-order valence-electron chi connectivity index (χ1n) is 8.15. The van der Waals surface area contributed by atoms with Crippen LogP contribution in [-0.4, -0.2) is 27.5 Å². The van der Waals surface area contributed by atoms with Gasteiger partial charge in [0.05, 0.1) is 11.9 Å². The molecule has 2 heterocycles. The molecule has 0 bridgehead atoms. The van der Waals surface area contributed by atoms with Crippen LogP contribution in [0.25, 0.3) is 0 Å². The lowest BCUT2D eigenvalue weighted by Crippen LogP contribution is -2.30. The maximum absolute atomic E-state index is 12.7. The molecule has 0 atom stereocenters. The van der Waals surface area contributed by atoms with E-state index in [0.717, 1.165) is 17.0 Å². The summed E-state index contributed by atoms with van der Waals surface area (Å²) >= 11 is 0. The standard InChI is InChI=1S/C19H20N4O2/c1-3-23(13-15-7-5-4-6-8-15)19(24)17-10-9-16(12-20-17)21-18-11-14(2)25-22-18/h4-12H,3,13H2,1-2H3,(H,21,22). The molecule has 6 heteroatoms. The maximum atomic E-state index is 12.7. The Morgan fingerprint density at radius 3 is 2.60 bits per heavy atom. The number of pyridine rings is 1. The van der Waals surface area contributed by atoms with E-state index in [1.165, 1.54) is 0 Å². The van der Waals surface area contributed by atoms with Crippen LogP contribution in [0.1, 0.15) is 28.7 Å². The van der Waals surface area contributed by atoms with Gasteiger partial charge in [-0.1, -0.05) is 35.5 Å². The van der Waals surface area contributed by atoms with Gasteiger partial charge in [-0.25, -0.2) is 4.98 Å². The number of benzene rings is 1. The molecule has 1 amide bonds. The topological polar surface area (TPSA) is 71.3 Å². The third-order valence-corrected chi connectivity index (χ3v) is 3.77. The van der Waals surface area contributed by atoms with Crippen LogP contribution in [0.3, 0.4) is 0 Å². The molecule has 0 unspecified atom stereocenters. The van der Waals surface area contributed by atoms with Crippen LogP contribution in [0.2, 0.25) is 0 Å². The molecule has 6 nitrogen and oxygen atoms in total. The van der Waals surface area contributed by atoms with Crippen molar-refractivity contribution in [1.29, 1.82) is 0 Å². The highest BCUT2D eigenvalue weighted by molar-refractivity contribution is 5.92. The fraction of sp³-hybridized carbons (Fsp3) is 0.211. The summed E-state index contributed by atoms with van der Waals surface area (Å²) in [5.74, 6) is 1.24. The van der Waals surface area contributed by atoms with E-state index in [1.807, 2.05) is 44.2 Å². The Hall–Kier alpha value is -3.15. The molecule has 3 aromatic rings. The first kappa shape index (κ1) is 16.7. The van der Waals surface area contributed by atoms with Crippen molar-refractivity contribution in [2.75, 3.05) is 11.9 Å². The zero-order valence-corrected chi connectivity index (χ0v) is 14.3. The first-order chi connectivity index (χ1) is 12.2. The molecule has 2 aromatic heterocycles. The number of hydrogen-bond acceptors (Lipinski definition) is 5. The highest BCUT2D eigenvalue weighted by Crippen LogP contribution is 2.16.